The van der Waals surface area contributed by atoms with Crippen molar-refractivity contribution in [3.63, 3.8) is 0 Å². The summed E-state index contributed by atoms with van der Waals surface area (Å²) in [4.78, 5) is 7.48. The third kappa shape index (κ3) is 5.85. The third-order valence-electron chi connectivity index (χ3n) is 15.1. The Bertz CT molecular complexity index is 3770. The van der Waals surface area contributed by atoms with E-state index in [4.69, 9.17) is 0 Å². The second-order valence-electron chi connectivity index (χ2n) is 18.6. The molecule has 4 nitrogen and oxygen atoms in total. The molecule has 0 bridgehead atoms. The second-order valence-corrected chi connectivity index (χ2v) is 19.7. The smallest absolute Gasteiger partial charge is 0.0736 e. The van der Waals surface area contributed by atoms with Crippen LogP contribution in [0.2, 0.25) is 0 Å². The first kappa shape index (κ1) is 40.8. The van der Waals surface area contributed by atoms with E-state index in [1.165, 1.54) is 86.8 Å². The van der Waals surface area contributed by atoms with Crippen molar-refractivity contribution < 1.29 is 0 Å². The molecule has 0 atom stereocenters. The van der Waals surface area contributed by atoms with Gasteiger partial charge in [0.2, 0.25) is 0 Å². The zero-order valence-electron chi connectivity index (χ0n) is 39.1. The van der Waals surface area contributed by atoms with Crippen LogP contribution < -0.4 is 9.80 Å². The third-order valence-corrected chi connectivity index (χ3v) is 16.3. The molecule has 10 aromatic carbocycles. The van der Waals surface area contributed by atoms with Crippen LogP contribution in [0.25, 0.3) is 54.7 Å². The summed E-state index contributed by atoms with van der Waals surface area (Å²) in [6, 6.07) is 86.2. The van der Waals surface area contributed by atoms with E-state index in [1.54, 1.807) is 0 Å². The molecule has 14 rings (SSSR count). The molecular weight excluding hydrogens is 869 g/mol. The minimum absolute atomic E-state index is 0.614. The number of aromatic nitrogens is 2. The summed E-state index contributed by atoms with van der Waals surface area (Å²) in [6.07, 6.45) is 0. The lowest BCUT2D eigenvalue weighted by Gasteiger charge is -2.40. The molecule has 0 radical (unpaired) electrons. The highest BCUT2D eigenvalue weighted by molar-refractivity contribution is 7.99. The second kappa shape index (κ2) is 15.9. The van der Waals surface area contributed by atoms with E-state index >= 15 is 0 Å². The fourth-order valence-corrected chi connectivity index (χ4v) is 13.4. The molecule has 12 aromatic rings. The minimum atomic E-state index is -0.614. The molecule has 0 amide bonds. The molecule has 1 spiro atoms. The molecule has 3 heterocycles. The average molecular weight is 917 g/mol. The van der Waals surface area contributed by atoms with Gasteiger partial charge in [-0.15, -0.1) is 0 Å². The lowest BCUT2D eigenvalue weighted by molar-refractivity contribution is 0.722. The molecular formula is C65H48N4S. The highest BCUT2D eigenvalue weighted by Crippen LogP contribution is 2.63. The quantitative estimate of drug-likeness (QED) is 0.151. The maximum absolute atomic E-state index is 2.51. The number of nitrogens with zero attached hydrogens (tertiary/aromatic N) is 4. The van der Waals surface area contributed by atoms with Gasteiger partial charge in [-0.2, -0.15) is 0 Å². The Balaban J connectivity index is 1.02. The van der Waals surface area contributed by atoms with E-state index in [2.05, 4.69) is 263 Å². The van der Waals surface area contributed by atoms with Gasteiger partial charge in [-0.05, 0) is 144 Å². The van der Waals surface area contributed by atoms with Crippen molar-refractivity contribution in [1.29, 1.82) is 0 Å². The monoisotopic (exact) mass is 916 g/mol. The first-order valence-corrected chi connectivity index (χ1v) is 25.3. The zero-order valence-corrected chi connectivity index (χ0v) is 39.9. The molecule has 1 aliphatic carbocycles. The Morgan fingerprint density at radius 3 is 1.16 bits per heavy atom. The van der Waals surface area contributed by atoms with Crippen molar-refractivity contribution in [2.45, 2.75) is 42.1 Å². The fourth-order valence-electron chi connectivity index (χ4n) is 12.2. The molecule has 0 N–H and O–H groups in total. The molecule has 0 fully saturated rings. The van der Waals surface area contributed by atoms with Crippen LogP contribution in [0.15, 0.2) is 240 Å². The standard InChI is InChI=1S/C65H48N4S/c1-3-66-59-27-15-11-23-51(59)53-37-33-47(41-61(53)66)68(43-19-7-5-8-20-43)45-31-35-49-50-36-32-46(40-58(50)65(57(49)39-45)55-25-13-17-29-63(55)70-64-30-18-14-26-56(64)65)69(44-21-9-6-10-22-44)48-34-38-54-52-24-12-16-28-60(52)67(4-2)62(54)42-48/h5-42H,3-4H2,1-2H3. The molecule has 5 heteroatoms. The maximum Gasteiger partial charge on any atom is 0.0736 e. The topological polar surface area (TPSA) is 16.3 Å². The first-order valence-electron chi connectivity index (χ1n) is 24.5. The average Bonchev–Trinajstić information content (AvgIpc) is 4.02. The Morgan fingerprint density at radius 2 is 0.700 bits per heavy atom. The predicted molar refractivity (Wildman–Crippen MR) is 295 cm³/mol. The number of para-hydroxylation sites is 4. The van der Waals surface area contributed by atoms with Crippen LogP contribution in [0.5, 0.6) is 0 Å². The fraction of sp³-hybridized carbons (Fsp3) is 0.0769. The summed E-state index contributed by atoms with van der Waals surface area (Å²) < 4.78 is 4.91. The van der Waals surface area contributed by atoms with E-state index in [1.807, 2.05) is 11.8 Å². The first-order chi connectivity index (χ1) is 34.6. The van der Waals surface area contributed by atoms with Gasteiger partial charge in [0.25, 0.3) is 0 Å². The van der Waals surface area contributed by atoms with Crippen LogP contribution in [0.1, 0.15) is 36.1 Å². The Kier molecular flexibility index (Phi) is 9.27. The number of hydrogen-bond acceptors (Lipinski definition) is 3. The molecule has 2 aromatic heterocycles. The van der Waals surface area contributed by atoms with Crippen molar-refractivity contribution in [1.82, 2.24) is 9.13 Å². The van der Waals surface area contributed by atoms with Crippen molar-refractivity contribution in [3.05, 3.63) is 253 Å². The highest BCUT2D eigenvalue weighted by Gasteiger charge is 2.51. The molecule has 334 valence electrons. The number of hydrogen-bond donors (Lipinski definition) is 0. The van der Waals surface area contributed by atoms with Crippen LogP contribution in [0.4, 0.5) is 34.1 Å². The van der Waals surface area contributed by atoms with Gasteiger partial charge in [0, 0.05) is 89.6 Å². The number of rotatable bonds is 8. The van der Waals surface area contributed by atoms with E-state index < -0.39 is 5.41 Å². The van der Waals surface area contributed by atoms with Gasteiger partial charge >= 0.3 is 0 Å². The molecule has 0 unspecified atom stereocenters. The lowest BCUT2D eigenvalue weighted by Crippen LogP contribution is -2.32. The van der Waals surface area contributed by atoms with E-state index in [0.29, 0.717) is 0 Å². The number of benzene rings is 10. The van der Waals surface area contributed by atoms with Gasteiger partial charge in [0.1, 0.15) is 0 Å². The predicted octanol–water partition coefficient (Wildman–Crippen LogP) is 17.7. The Morgan fingerprint density at radius 1 is 0.329 bits per heavy atom. The lowest BCUT2D eigenvalue weighted by atomic mass is 9.67. The number of anilines is 6. The Hall–Kier alpha value is -8.25. The normalized spacial score (nSPS) is 13.2. The van der Waals surface area contributed by atoms with Crippen molar-refractivity contribution in [2.24, 2.45) is 0 Å². The van der Waals surface area contributed by atoms with Gasteiger partial charge in [0.15, 0.2) is 0 Å². The highest BCUT2D eigenvalue weighted by atomic mass is 32.2. The van der Waals surface area contributed by atoms with Gasteiger partial charge in [-0.3, -0.25) is 0 Å². The van der Waals surface area contributed by atoms with Crippen molar-refractivity contribution >= 4 is 89.5 Å². The summed E-state index contributed by atoms with van der Waals surface area (Å²) >= 11 is 1.89. The zero-order chi connectivity index (χ0) is 46.5. The summed E-state index contributed by atoms with van der Waals surface area (Å²) in [5.41, 5.74) is 18.9. The molecule has 0 saturated heterocycles. The van der Waals surface area contributed by atoms with Crippen molar-refractivity contribution in [3.8, 4) is 11.1 Å². The van der Waals surface area contributed by atoms with Crippen LogP contribution in [-0.4, -0.2) is 9.13 Å². The van der Waals surface area contributed by atoms with Gasteiger partial charge in [-0.25, -0.2) is 0 Å². The summed E-state index contributed by atoms with van der Waals surface area (Å²) in [6.45, 7) is 6.27. The van der Waals surface area contributed by atoms with Gasteiger partial charge < -0.3 is 18.9 Å². The minimum Gasteiger partial charge on any atom is -0.341 e. The number of aryl methyl sites for hydroxylation is 2. The summed E-state index contributed by atoms with van der Waals surface area (Å²) in [5, 5.41) is 5.13. The van der Waals surface area contributed by atoms with E-state index in [-0.39, 0.29) is 0 Å². The Labute approximate surface area is 412 Å². The molecule has 70 heavy (non-hydrogen) atoms. The van der Waals surface area contributed by atoms with Crippen molar-refractivity contribution in [2.75, 3.05) is 9.80 Å². The summed E-state index contributed by atoms with van der Waals surface area (Å²) in [5.74, 6) is 0. The SMILES string of the molecule is CCn1c2ccccc2c2ccc(N(c3ccccc3)c3ccc4c(c3)C3(c5ccccc5Sc5ccccc53)c3cc(N(c5ccccc5)c5ccc6c7ccccc7n(CC)c6c5)ccc3-4)cc21. The maximum atomic E-state index is 2.51. The van der Waals surface area contributed by atoms with Crippen LogP contribution in [0.3, 0.4) is 0 Å². The van der Waals surface area contributed by atoms with E-state index in [0.717, 1.165) is 47.2 Å². The van der Waals surface area contributed by atoms with Crippen LogP contribution in [-0.2, 0) is 18.5 Å². The van der Waals surface area contributed by atoms with Crippen LogP contribution >= 0.6 is 11.8 Å². The van der Waals surface area contributed by atoms with E-state index in [9.17, 15) is 0 Å². The largest absolute Gasteiger partial charge is 0.341 e. The molecule has 0 saturated carbocycles. The summed E-state index contributed by atoms with van der Waals surface area (Å²) in [7, 11) is 0. The van der Waals surface area contributed by atoms with Gasteiger partial charge in [0.05, 0.1) is 16.4 Å². The molecule has 2 aliphatic rings. The van der Waals surface area contributed by atoms with Crippen LogP contribution in [0, 0.1) is 0 Å². The van der Waals surface area contributed by atoms with Gasteiger partial charge in [-0.1, -0.05) is 145 Å². The number of fused-ring (bicyclic) bond motifs is 15. The molecule has 1 aliphatic heterocycles.